The van der Waals surface area contributed by atoms with Crippen molar-refractivity contribution in [3.05, 3.63) is 194 Å². The molecule has 0 atom stereocenters. The summed E-state index contributed by atoms with van der Waals surface area (Å²) in [5.41, 5.74) is 18.4. The Kier molecular flexibility index (Phi) is 6.98. The molecule has 0 fully saturated rings. The zero-order chi connectivity index (χ0) is 39.3. The molecule has 0 bridgehead atoms. The van der Waals surface area contributed by atoms with Gasteiger partial charge in [-0.25, -0.2) is 15.0 Å². The molecule has 11 aromatic rings. The van der Waals surface area contributed by atoms with Crippen LogP contribution < -0.4 is 0 Å². The molecule has 4 nitrogen and oxygen atoms in total. The Labute approximate surface area is 346 Å². The van der Waals surface area contributed by atoms with E-state index in [4.69, 9.17) is 15.0 Å². The van der Waals surface area contributed by atoms with Gasteiger partial charge in [-0.3, -0.25) is 4.98 Å². The van der Waals surface area contributed by atoms with Crippen LogP contribution in [0.1, 0.15) is 0 Å². The average Bonchev–Trinajstić information content (AvgIpc) is 3.83. The first-order chi connectivity index (χ1) is 29.7. The van der Waals surface area contributed by atoms with Gasteiger partial charge in [-0.1, -0.05) is 158 Å². The third-order valence-corrected chi connectivity index (χ3v) is 12.4. The number of aromatic nitrogens is 4. The monoisotopic (exact) mass is 760 g/mol. The van der Waals surface area contributed by atoms with Gasteiger partial charge in [0.25, 0.3) is 0 Å². The number of hydrogen-bond donors (Lipinski definition) is 0. The molecule has 13 rings (SSSR count). The summed E-state index contributed by atoms with van der Waals surface area (Å²) in [5, 5.41) is 6.11. The molecule has 276 valence electrons. The van der Waals surface area contributed by atoms with Gasteiger partial charge >= 0.3 is 0 Å². The Balaban J connectivity index is 1.08. The molecule has 0 aliphatic heterocycles. The van der Waals surface area contributed by atoms with Gasteiger partial charge in [0, 0.05) is 28.3 Å². The van der Waals surface area contributed by atoms with E-state index >= 15 is 0 Å². The van der Waals surface area contributed by atoms with Crippen molar-refractivity contribution in [3.8, 4) is 101 Å². The highest BCUT2D eigenvalue weighted by molar-refractivity contribution is 6.20. The predicted molar refractivity (Wildman–Crippen MR) is 246 cm³/mol. The van der Waals surface area contributed by atoms with Gasteiger partial charge in [0.1, 0.15) is 0 Å². The maximum Gasteiger partial charge on any atom is 0.164 e. The predicted octanol–water partition coefficient (Wildman–Crippen LogP) is 14.4. The smallest absolute Gasteiger partial charge is 0.164 e. The SMILES string of the molecule is c1ccc(-c2nc(-c3cc(-c4ccc5c6c(cccc46)-c4ccccc4-5)cc(-c4ccc5c6c(cccc46)-c4ccccc4-5)c3)nc(-c3ccc4cccnc4c3)n2)cc1. The lowest BCUT2D eigenvalue weighted by atomic mass is 9.89. The van der Waals surface area contributed by atoms with Crippen molar-refractivity contribution in [2.24, 2.45) is 0 Å². The third-order valence-electron chi connectivity index (χ3n) is 12.4. The van der Waals surface area contributed by atoms with Crippen LogP contribution in [0.25, 0.3) is 133 Å². The molecule has 0 saturated heterocycles. The summed E-state index contributed by atoms with van der Waals surface area (Å²) in [6.45, 7) is 0. The molecule has 2 aliphatic rings. The maximum absolute atomic E-state index is 5.28. The van der Waals surface area contributed by atoms with Crippen molar-refractivity contribution in [2.45, 2.75) is 0 Å². The standard InChI is InChI=1S/C56H32N4/c1-2-11-34(12-3-1)54-58-55(35-23-22-33-13-10-28-57-51(33)32-35)60-56(59-54)38-30-36(39-24-26-49-43-16-6-4-14-41(43)47-20-8-18-45(39)52(47)49)29-37(31-38)40-25-27-50-44-17-7-5-15-42(44)48-21-9-19-46(40)53(48)50/h1-32H. The van der Waals surface area contributed by atoms with Gasteiger partial charge < -0.3 is 0 Å². The van der Waals surface area contributed by atoms with Crippen molar-refractivity contribution < 1.29 is 0 Å². The molecule has 0 saturated carbocycles. The molecular weight excluding hydrogens is 729 g/mol. The van der Waals surface area contributed by atoms with E-state index in [1.54, 1.807) is 0 Å². The van der Waals surface area contributed by atoms with Gasteiger partial charge in [0.15, 0.2) is 17.5 Å². The van der Waals surface area contributed by atoms with Gasteiger partial charge in [-0.05, 0) is 119 Å². The number of rotatable bonds is 5. The lowest BCUT2D eigenvalue weighted by molar-refractivity contribution is 1.07. The largest absolute Gasteiger partial charge is 0.256 e. The molecule has 2 aromatic heterocycles. The van der Waals surface area contributed by atoms with Crippen LogP contribution in [0.4, 0.5) is 0 Å². The van der Waals surface area contributed by atoms with E-state index in [0.717, 1.165) is 38.7 Å². The number of hydrogen-bond acceptors (Lipinski definition) is 4. The highest BCUT2D eigenvalue weighted by Gasteiger charge is 2.25. The molecule has 2 heterocycles. The molecule has 0 N–H and O–H groups in total. The van der Waals surface area contributed by atoms with Crippen LogP contribution >= 0.6 is 0 Å². The fourth-order valence-corrected chi connectivity index (χ4v) is 9.74. The van der Waals surface area contributed by atoms with E-state index in [0.29, 0.717) is 17.5 Å². The fraction of sp³-hybridized carbons (Fsp3) is 0. The average molecular weight is 761 g/mol. The van der Waals surface area contributed by atoms with Crippen LogP contribution in [-0.4, -0.2) is 19.9 Å². The Morgan fingerprint density at radius 3 is 1.32 bits per heavy atom. The van der Waals surface area contributed by atoms with E-state index in [1.807, 2.05) is 30.5 Å². The van der Waals surface area contributed by atoms with Crippen molar-refractivity contribution >= 4 is 32.4 Å². The molecule has 2 aliphatic carbocycles. The highest BCUT2D eigenvalue weighted by Crippen LogP contribution is 2.52. The number of fused-ring (bicyclic) bond motifs is 7. The summed E-state index contributed by atoms with van der Waals surface area (Å²) in [6, 6.07) is 67.5. The molecule has 0 spiro atoms. The second kappa shape index (κ2) is 12.7. The van der Waals surface area contributed by atoms with Crippen LogP contribution in [0.3, 0.4) is 0 Å². The summed E-state index contributed by atoms with van der Waals surface area (Å²) in [7, 11) is 0. The van der Waals surface area contributed by atoms with Gasteiger partial charge in [-0.15, -0.1) is 0 Å². The van der Waals surface area contributed by atoms with Gasteiger partial charge in [0.05, 0.1) is 5.52 Å². The van der Waals surface area contributed by atoms with E-state index in [-0.39, 0.29) is 0 Å². The normalized spacial score (nSPS) is 12.0. The minimum Gasteiger partial charge on any atom is -0.256 e. The van der Waals surface area contributed by atoms with Crippen LogP contribution in [0, 0.1) is 0 Å². The van der Waals surface area contributed by atoms with E-state index in [9.17, 15) is 0 Å². The topological polar surface area (TPSA) is 51.6 Å². The lowest BCUT2D eigenvalue weighted by Gasteiger charge is -2.16. The molecule has 0 unspecified atom stereocenters. The first-order valence-corrected chi connectivity index (χ1v) is 20.4. The second-order valence-electron chi connectivity index (χ2n) is 15.8. The van der Waals surface area contributed by atoms with Crippen LogP contribution in [-0.2, 0) is 0 Å². The maximum atomic E-state index is 5.28. The zero-order valence-electron chi connectivity index (χ0n) is 32.3. The van der Waals surface area contributed by atoms with Crippen molar-refractivity contribution in [2.75, 3.05) is 0 Å². The molecule has 9 aromatic carbocycles. The summed E-state index contributed by atoms with van der Waals surface area (Å²) in [5.74, 6) is 1.83. The second-order valence-corrected chi connectivity index (χ2v) is 15.8. The van der Waals surface area contributed by atoms with Crippen LogP contribution in [0.2, 0.25) is 0 Å². The van der Waals surface area contributed by atoms with E-state index in [1.165, 1.54) is 77.2 Å². The third kappa shape index (κ3) is 4.91. The Morgan fingerprint density at radius 2 is 0.733 bits per heavy atom. The number of nitrogens with zero attached hydrogens (tertiary/aromatic N) is 4. The number of benzene rings is 9. The van der Waals surface area contributed by atoms with E-state index < -0.39 is 0 Å². The summed E-state index contributed by atoms with van der Waals surface area (Å²) >= 11 is 0. The lowest BCUT2D eigenvalue weighted by Crippen LogP contribution is -2.01. The van der Waals surface area contributed by atoms with E-state index in [2.05, 4.69) is 169 Å². The van der Waals surface area contributed by atoms with Crippen LogP contribution in [0.5, 0.6) is 0 Å². The Morgan fingerprint density at radius 1 is 0.267 bits per heavy atom. The molecule has 60 heavy (non-hydrogen) atoms. The van der Waals surface area contributed by atoms with Crippen molar-refractivity contribution in [1.29, 1.82) is 0 Å². The molecule has 4 heteroatoms. The first kappa shape index (κ1) is 32.9. The van der Waals surface area contributed by atoms with Crippen molar-refractivity contribution in [1.82, 2.24) is 19.9 Å². The quantitative estimate of drug-likeness (QED) is 0.175. The Hall–Kier alpha value is -8.08. The molecular formula is C56H32N4. The summed E-state index contributed by atoms with van der Waals surface area (Å²) < 4.78 is 0. The highest BCUT2D eigenvalue weighted by atomic mass is 15.0. The van der Waals surface area contributed by atoms with Gasteiger partial charge in [-0.2, -0.15) is 0 Å². The molecule has 0 radical (unpaired) electrons. The Bertz CT molecular complexity index is 3400. The molecule has 0 amide bonds. The fourth-order valence-electron chi connectivity index (χ4n) is 9.74. The minimum atomic E-state index is 0.601. The van der Waals surface area contributed by atoms with Gasteiger partial charge in [0.2, 0.25) is 0 Å². The zero-order valence-corrected chi connectivity index (χ0v) is 32.3. The minimum absolute atomic E-state index is 0.601. The first-order valence-electron chi connectivity index (χ1n) is 20.4. The summed E-state index contributed by atoms with van der Waals surface area (Å²) in [6.07, 6.45) is 1.82. The summed E-state index contributed by atoms with van der Waals surface area (Å²) in [4.78, 5) is 20.3. The number of pyridine rings is 1. The van der Waals surface area contributed by atoms with Crippen LogP contribution in [0.15, 0.2) is 194 Å². The van der Waals surface area contributed by atoms with Crippen molar-refractivity contribution in [3.63, 3.8) is 0 Å².